The molecule has 2 atom stereocenters. The minimum Gasteiger partial charge on any atom is -0.507 e. The van der Waals surface area contributed by atoms with Crippen molar-refractivity contribution in [3.8, 4) is 56.0 Å². The molecule has 4 nitrogen and oxygen atoms in total. The van der Waals surface area contributed by atoms with Crippen LogP contribution in [0.1, 0.15) is 36.8 Å². The zero-order valence-corrected chi connectivity index (χ0v) is 35.6. The van der Waals surface area contributed by atoms with Crippen LogP contribution in [0.15, 0.2) is 199 Å². The lowest BCUT2D eigenvalue weighted by atomic mass is 9.85. The molecule has 1 saturated carbocycles. The zero-order chi connectivity index (χ0) is 43.0. The van der Waals surface area contributed by atoms with Gasteiger partial charge < -0.3 is 15.5 Å². The summed E-state index contributed by atoms with van der Waals surface area (Å²) in [5.41, 5.74) is 9.64. The van der Waals surface area contributed by atoms with Gasteiger partial charge in [-0.1, -0.05) is 195 Å². The Morgan fingerprint density at radius 1 is 0.453 bits per heavy atom. The molecule has 10 aromatic carbocycles. The Bertz CT molecular complexity index is 3380. The summed E-state index contributed by atoms with van der Waals surface area (Å²) in [6, 6.07) is 67.6. The molecule has 0 spiro atoms. The Labute approximate surface area is 373 Å². The number of phenolic OH excluding ortho intramolecular Hbond substituents is 2. The van der Waals surface area contributed by atoms with Crippen molar-refractivity contribution < 1.29 is 10.2 Å². The second-order valence-electron chi connectivity index (χ2n) is 17.2. The number of nitrogens with one attached hydrogen (secondary N) is 1. The number of benzene rings is 10. The van der Waals surface area contributed by atoms with E-state index in [4.69, 9.17) is 4.99 Å². The number of rotatable bonds is 9. The third kappa shape index (κ3) is 7.16. The van der Waals surface area contributed by atoms with Crippen molar-refractivity contribution in [2.24, 2.45) is 4.99 Å². The number of hydrogen-bond donors (Lipinski definition) is 3. The summed E-state index contributed by atoms with van der Waals surface area (Å²) in [4.78, 5) is 5.30. The van der Waals surface area contributed by atoms with Gasteiger partial charge in [-0.3, -0.25) is 4.99 Å². The van der Waals surface area contributed by atoms with Gasteiger partial charge in [0.2, 0.25) is 0 Å². The Hall–Kier alpha value is -7.53. The number of fused-ring (bicyclic) bond motifs is 4. The second kappa shape index (κ2) is 17.0. The van der Waals surface area contributed by atoms with Crippen LogP contribution in [0.5, 0.6) is 11.5 Å². The van der Waals surface area contributed by atoms with E-state index < -0.39 is 0 Å². The lowest BCUT2D eigenvalue weighted by Gasteiger charge is -2.30. The summed E-state index contributed by atoms with van der Waals surface area (Å²) in [5, 5.41) is 37.5. The molecule has 1 aliphatic rings. The summed E-state index contributed by atoms with van der Waals surface area (Å²) < 4.78 is 0. The van der Waals surface area contributed by atoms with Crippen molar-refractivity contribution in [1.29, 1.82) is 0 Å². The fraction of sp³-hybridized carbons (Fsp3) is 0.117. The minimum atomic E-state index is -0.00896. The molecule has 0 aromatic heterocycles. The first-order valence-electron chi connectivity index (χ1n) is 22.5. The molecule has 1 fully saturated rings. The van der Waals surface area contributed by atoms with E-state index in [0.29, 0.717) is 17.9 Å². The van der Waals surface area contributed by atoms with E-state index >= 15 is 0 Å². The van der Waals surface area contributed by atoms with Crippen molar-refractivity contribution in [3.05, 3.63) is 205 Å². The molecule has 64 heavy (non-hydrogen) atoms. The maximum atomic E-state index is 12.5. The van der Waals surface area contributed by atoms with Gasteiger partial charge >= 0.3 is 0 Å². The van der Waals surface area contributed by atoms with Crippen LogP contribution in [0, 0.1) is 0 Å². The molecular formula is C60H48N2O2. The largest absolute Gasteiger partial charge is 0.507 e. The van der Waals surface area contributed by atoms with Gasteiger partial charge in [0, 0.05) is 52.2 Å². The van der Waals surface area contributed by atoms with E-state index in [1.54, 1.807) is 0 Å². The Morgan fingerprint density at radius 2 is 0.906 bits per heavy atom. The summed E-state index contributed by atoms with van der Waals surface area (Å²) >= 11 is 0. The van der Waals surface area contributed by atoms with Crippen molar-refractivity contribution in [2.75, 3.05) is 0 Å². The number of phenols is 2. The molecule has 0 saturated heterocycles. The highest BCUT2D eigenvalue weighted by molar-refractivity contribution is 6.15. The van der Waals surface area contributed by atoms with Gasteiger partial charge in [0.15, 0.2) is 0 Å². The maximum absolute atomic E-state index is 12.5. The van der Waals surface area contributed by atoms with E-state index in [1.165, 1.54) is 0 Å². The SMILES string of the molecule is Oc1c(/C=N/C2CCCC[C@H]2NCc2cc3ccccc3c(-c3c(-c4ccccc4)ccc4ccccc34)c2O)cc2ccccc2c1-c1c(-c2ccccc2)ccc2ccccc12. The van der Waals surface area contributed by atoms with Crippen LogP contribution in [0.4, 0.5) is 0 Å². The molecule has 0 radical (unpaired) electrons. The van der Waals surface area contributed by atoms with E-state index in [-0.39, 0.29) is 17.8 Å². The average molecular weight is 829 g/mol. The maximum Gasteiger partial charge on any atom is 0.132 e. The quantitative estimate of drug-likeness (QED) is 0.127. The molecule has 0 bridgehead atoms. The molecule has 310 valence electrons. The van der Waals surface area contributed by atoms with E-state index in [1.807, 2.05) is 24.4 Å². The standard InChI is InChI=1S/C60H48N2O2/c63-59-45(35-43-23-9-13-27-49(43)57(59)55-47-25-11-7-21-41(47)31-33-51(55)39-17-3-1-4-18-39)37-61-53-29-15-16-30-54(53)62-38-46-36-44-24-10-14-28-50(44)58(60(46)64)56-48-26-12-8-22-42(48)32-34-52(56)40-19-5-2-6-20-40/h1-14,17-28,31-37,53-54,62-64H,15-16,29-30,38H2/b61-37+/t53?,54-/m1/s1. The molecule has 1 aliphatic carbocycles. The Morgan fingerprint density at radius 3 is 1.47 bits per heavy atom. The van der Waals surface area contributed by atoms with Gasteiger partial charge in [0.05, 0.1) is 6.04 Å². The Balaban J connectivity index is 0.970. The molecule has 4 heteroatoms. The summed E-state index contributed by atoms with van der Waals surface area (Å²) in [6.07, 6.45) is 5.99. The number of hydrogen-bond acceptors (Lipinski definition) is 4. The van der Waals surface area contributed by atoms with Crippen molar-refractivity contribution in [2.45, 2.75) is 44.3 Å². The number of nitrogens with zero attached hydrogens (tertiary/aromatic N) is 1. The highest BCUT2D eigenvalue weighted by Crippen LogP contribution is 2.48. The van der Waals surface area contributed by atoms with Crippen LogP contribution in [-0.2, 0) is 6.54 Å². The normalized spacial score (nSPS) is 15.4. The van der Waals surface area contributed by atoms with Crippen molar-refractivity contribution >= 4 is 49.3 Å². The van der Waals surface area contributed by atoms with Crippen molar-refractivity contribution in [3.63, 3.8) is 0 Å². The lowest BCUT2D eigenvalue weighted by Crippen LogP contribution is -2.40. The topological polar surface area (TPSA) is 64.9 Å². The van der Waals surface area contributed by atoms with Gasteiger partial charge in [0.25, 0.3) is 0 Å². The predicted molar refractivity (Wildman–Crippen MR) is 268 cm³/mol. The van der Waals surface area contributed by atoms with Crippen LogP contribution in [0.2, 0.25) is 0 Å². The van der Waals surface area contributed by atoms with Crippen LogP contribution < -0.4 is 5.32 Å². The first-order chi connectivity index (χ1) is 31.6. The summed E-state index contributed by atoms with van der Waals surface area (Å²) in [6.45, 7) is 0.487. The van der Waals surface area contributed by atoms with Crippen LogP contribution >= 0.6 is 0 Å². The second-order valence-corrected chi connectivity index (χ2v) is 17.2. The fourth-order valence-electron chi connectivity index (χ4n) is 10.2. The Kier molecular flexibility index (Phi) is 10.4. The average Bonchev–Trinajstić information content (AvgIpc) is 3.35. The van der Waals surface area contributed by atoms with Gasteiger partial charge in [-0.2, -0.15) is 0 Å². The molecule has 11 rings (SSSR count). The van der Waals surface area contributed by atoms with E-state index in [9.17, 15) is 10.2 Å². The van der Waals surface area contributed by atoms with E-state index in [2.05, 4.69) is 181 Å². The molecule has 10 aromatic rings. The van der Waals surface area contributed by atoms with Gasteiger partial charge in [-0.15, -0.1) is 0 Å². The first kappa shape index (κ1) is 39.3. The lowest BCUT2D eigenvalue weighted by molar-refractivity contribution is 0.327. The monoisotopic (exact) mass is 828 g/mol. The molecule has 3 N–H and O–H groups in total. The minimum absolute atomic E-state index is 0.00896. The van der Waals surface area contributed by atoms with Gasteiger partial charge in [0.1, 0.15) is 11.5 Å². The molecular weight excluding hydrogens is 781 g/mol. The smallest absolute Gasteiger partial charge is 0.132 e. The summed E-state index contributed by atoms with van der Waals surface area (Å²) in [5.74, 6) is 0.528. The van der Waals surface area contributed by atoms with Gasteiger partial charge in [-0.05, 0) is 90.3 Å². The van der Waals surface area contributed by atoms with Crippen LogP contribution in [0.25, 0.3) is 87.6 Å². The van der Waals surface area contributed by atoms with Crippen molar-refractivity contribution in [1.82, 2.24) is 5.32 Å². The molecule has 0 heterocycles. The van der Waals surface area contributed by atoms with Gasteiger partial charge in [-0.25, -0.2) is 0 Å². The molecule has 0 amide bonds. The highest BCUT2D eigenvalue weighted by Gasteiger charge is 2.27. The molecule has 0 aliphatic heterocycles. The highest BCUT2D eigenvalue weighted by atomic mass is 16.3. The van der Waals surface area contributed by atoms with Crippen LogP contribution in [0.3, 0.4) is 0 Å². The fourth-order valence-corrected chi connectivity index (χ4v) is 10.2. The van der Waals surface area contributed by atoms with Crippen LogP contribution in [-0.4, -0.2) is 28.5 Å². The molecule has 1 unspecified atom stereocenters. The first-order valence-corrected chi connectivity index (χ1v) is 22.5. The van der Waals surface area contributed by atoms with E-state index in [0.717, 1.165) is 119 Å². The predicted octanol–water partition coefficient (Wildman–Crippen LogP) is 14.9. The zero-order valence-electron chi connectivity index (χ0n) is 35.6. The third-order valence-corrected chi connectivity index (χ3v) is 13.4. The summed E-state index contributed by atoms with van der Waals surface area (Å²) in [7, 11) is 0. The number of aromatic hydroxyl groups is 2. The third-order valence-electron chi connectivity index (χ3n) is 13.4. The number of aliphatic imine (C=N–C) groups is 1.